The average Bonchev–Trinajstić information content (AvgIpc) is 2.29. The van der Waals surface area contributed by atoms with E-state index in [0.29, 0.717) is 5.69 Å². The third-order valence-electron chi connectivity index (χ3n) is 3.25. The molecule has 0 spiro atoms. The average molecular weight is 236 g/mol. The maximum Gasteiger partial charge on any atom is 0.319 e. The Balaban J connectivity index is 2.17. The molecule has 0 aromatic heterocycles. The first kappa shape index (κ1) is 11.9. The van der Waals surface area contributed by atoms with Crippen molar-refractivity contribution in [3.63, 3.8) is 0 Å². The Bertz CT molecular complexity index is 426. The summed E-state index contributed by atoms with van der Waals surface area (Å²) in [7, 11) is 2.12. The minimum absolute atomic E-state index is 0.0803. The molecule has 2 rings (SSSR count). The second-order valence-electron chi connectivity index (χ2n) is 4.53. The Hall–Kier alpha value is -1.62. The largest absolute Gasteiger partial charge is 0.369 e. The van der Waals surface area contributed by atoms with Crippen molar-refractivity contribution >= 4 is 11.4 Å². The summed E-state index contributed by atoms with van der Waals surface area (Å²) in [4.78, 5) is 15.4. The second-order valence-corrected chi connectivity index (χ2v) is 4.53. The number of benzene rings is 1. The molecule has 1 aliphatic heterocycles. The molecule has 1 heterocycles. The Morgan fingerprint density at radius 2 is 1.88 bits per heavy atom. The monoisotopic (exact) mass is 236 g/mol. The Kier molecular flexibility index (Phi) is 3.28. The van der Waals surface area contributed by atoms with Gasteiger partial charge in [0.05, 0.1) is 4.91 Å². The van der Waals surface area contributed by atoms with Crippen molar-refractivity contribution in [2.24, 2.45) is 0 Å². The Labute approximate surface area is 101 Å². The molecule has 17 heavy (non-hydrogen) atoms. The van der Waals surface area contributed by atoms with Crippen molar-refractivity contribution in [2.45, 2.75) is 6.92 Å². The van der Waals surface area contributed by atoms with Gasteiger partial charge in [-0.05, 0) is 26.1 Å². The topological polar surface area (TPSA) is 46.8 Å². The molecular formula is C12H18N3O2+. The minimum atomic E-state index is -0.0803. The van der Waals surface area contributed by atoms with Crippen LogP contribution in [0, 0.1) is 11.8 Å². The number of hydrogen-bond donors (Lipinski definition) is 1. The van der Waals surface area contributed by atoms with Crippen LogP contribution in [-0.4, -0.2) is 48.3 Å². The zero-order valence-corrected chi connectivity index (χ0v) is 10.3. The van der Waals surface area contributed by atoms with Crippen molar-refractivity contribution in [1.29, 1.82) is 0 Å². The van der Waals surface area contributed by atoms with E-state index in [4.69, 9.17) is 5.21 Å². The SMILES string of the molecule is Cc1cc(N2CCN(C)CC2)ccc1[N+](=O)O. The van der Waals surface area contributed by atoms with E-state index in [1.165, 1.54) is 0 Å². The molecule has 1 saturated heterocycles. The summed E-state index contributed by atoms with van der Waals surface area (Å²) in [6.07, 6.45) is 0. The van der Waals surface area contributed by atoms with Gasteiger partial charge in [-0.15, -0.1) is 0 Å². The van der Waals surface area contributed by atoms with E-state index in [-0.39, 0.29) is 4.92 Å². The number of piperazine rings is 1. The fraction of sp³-hybridized carbons (Fsp3) is 0.500. The maximum absolute atomic E-state index is 10.8. The van der Waals surface area contributed by atoms with E-state index < -0.39 is 0 Å². The molecule has 0 unspecified atom stereocenters. The van der Waals surface area contributed by atoms with E-state index in [0.717, 1.165) is 37.4 Å². The number of rotatable bonds is 2. The van der Waals surface area contributed by atoms with Crippen molar-refractivity contribution in [1.82, 2.24) is 4.90 Å². The molecule has 92 valence electrons. The highest BCUT2D eigenvalue weighted by Crippen LogP contribution is 2.24. The van der Waals surface area contributed by atoms with E-state index in [9.17, 15) is 4.91 Å². The molecule has 0 bridgehead atoms. The van der Waals surface area contributed by atoms with Gasteiger partial charge in [-0.25, -0.2) is 5.21 Å². The summed E-state index contributed by atoms with van der Waals surface area (Å²) >= 11 is 0. The van der Waals surface area contributed by atoms with Gasteiger partial charge in [-0.1, -0.05) is 0 Å². The van der Waals surface area contributed by atoms with Gasteiger partial charge in [0.15, 0.2) is 0 Å². The maximum atomic E-state index is 10.8. The predicted molar refractivity (Wildman–Crippen MR) is 66.0 cm³/mol. The van der Waals surface area contributed by atoms with Gasteiger partial charge in [0.1, 0.15) is 0 Å². The lowest BCUT2D eigenvalue weighted by Gasteiger charge is -2.34. The molecule has 1 aromatic rings. The molecule has 0 atom stereocenters. The molecule has 0 amide bonds. The second kappa shape index (κ2) is 4.71. The number of anilines is 1. The van der Waals surface area contributed by atoms with Crippen LogP contribution in [0.5, 0.6) is 0 Å². The lowest BCUT2D eigenvalue weighted by Crippen LogP contribution is -2.44. The number of aryl methyl sites for hydroxylation is 1. The van der Waals surface area contributed by atoms with Crippen LogP contribution in [0.2, 0.25) is 0 Å². The van der Waals surface area contributed by atoms with E-state index >= 15 is 0 Å². The van der Waals surface area contributed by atoms with Crippen LogP contribution in [0.25, 0.3) is 0 Å². The van der Waals surface area contributed by atoms with Crippen molar-refractivity contribution in [3.05, 3.63) is 28.7 Å². The first-order valence-corrected chi connectivity index (χ1v) is 5.78. The molecule has 1 aromatic carbocycles. The smallest absolute Gasteiger partial charge is 0.319 e. The Morgan fingerprint density at radius 1 is 1.24 bits per heavy atom. The highest BCUT2D eigenvalue weighted by Gasteiger charge is 2.19. The molecular weight excluding hydrogens is 218 g/mol. The van der Waals surface area contributed by atoms with E-state index in [2.05, 4.69) is 16.8 Å². The highest BCUT2D eigenvalue weighted by atomic mass is 16.6. The van der Waals surface area contributed by atoms with Crippen LogP contribution in [-0.2, 0) is 0 Å². The Morgan fingerprint density at radius 3 is 2.41 bits per heavy atom. The molecule has 5 nitrogen and oxygen atoms in total. The van der Waals surface area contributed by atoms with Crippen molar-refractivity contribution in [3.8, 4) is 0 Å². The van der Waals surface area contributed by atoms with Gasteiger partial charge in [-0.2, -0.15) is 0 Å². The summed E-state index contributed by atoms with van der Waals surface area (Å²) in [6, 6.07) is 5.49. The van der Waals surface area contributed by atoms with Crippen LogP contribution >= 0.6 is 0 Å². The molecule has 1 fully saturated rings. The predicted octanol–water partition coefficient (Wildman–Crippen LogP) is 1.55. The van der Waals surface area contributed by atoms with Gasteiger partial charge < -0.3 is 9.80 Å². The summed E-state index contributed by atoms with van der Waals surface area (Å²) in [5, 5.41) is 8.90. The fourth-order valence-electron chi connectivity index (χ4n) is 2.12. The minimum Gasteiger partial charge on any atom is -0.369 e. The van der Waals surface area contributed by atoms with Gasteiger partial charge in [0, 0.05) is 43.5 Å². The van der Waals surface area contributed by atoms with Crippen LogP contribution in [0.1, 0.15) is 5.56 Å². The summed E-state index contributed by atoms with van der Waals surface area (Å²) in [5.74, 6) is 0. The first-order valence-electron chi connectivity index (χ1n) is 5.78. The van der Waals surface area contributed by atoms with Gasteiger partial charge in [0.2, 0.25) is 0 Å². The quantitative estimate of drug-likeness (QED) is 0.791. The summed E-state index contributed by atoms with van der Waals surface area (Å²) in [5.41, 5.74) is 2.21. The van der Waals surface area contributed by atoms with Gasteiger partial charge in [-0.3, -0.25) is 0 Å². The fourth-order valence-corrected chi connectivity index (χ4v) is 2.12. The molecule has 0 saturated carbocycles. The van der Waals surface area contributed by atoms with Crippen LogP contribution in [0.4, 0.5) is 11.4 Å². The van der Waals surface area contributed by atoms with Crippen molar-refractivity contribution in [2.75, 3.05) is 38.1 Å². The lowest BCUT2D eigenvalue weighted by molar-refractivity contribution is -0.730. The highest BCUT2D eigenvalue weighted by molar-refractivity contribution is 5.55. The third-order valence-corrected chi connectivity index (χ3v) is 3.25. The molecule has 0 aliphatic carbocycles. The van der Waals surface area contributed by atoms with E-state index in [1.807, 2.05) is 19.1 Å². The van der Waals surface area contributed by atoms with Crippen molar-refractivity contribution < 1.29 is 10.1 Å². The standard InChI is InChI=1S/C12H18N3O2/c1-10-9-11(3-4-12(10)15(16)17)14-7-5-13(2)6-8-14/h3-4,9H,5-8H2,1-2H3,(H,16,17)/q+1. The van der Waals surface area contributed by atoms with Crippen LogP contribution in [0.15, 0.2) is 18.2 Å². The third kappa shape index (κ3) is 2.55. The molecule has 5 heteroatoms. The van der Waals surface area contributed by atoms with Crippen LogP contribution < -0.4 is 4.90 Å². The first-order chi connectivity index (χ1) is 8.08. The molecule has 1 N–H and O–H groups in total. The number of hydrogen-bond acceptors (Lipinski definition) is 3. The molecule has 0 radical (unpaired) electrons. The lowest BCUT2D eigenvalue weighted by atomic mass is 10.1. The van der Waals surface area contributed by atoms with Gasteiger partial charge >= 0.3 is 5.69 Å². The number of nitrogens with zero attached hydrogens (tertiary/aromatic N) is 3. The summed E-state index contributed by atoms with van der Waals surface area (Å²) < 4.78 is 0. The summed E-state index contributed by atoms with van der Waals surface area (Å²) in [6.45, 7) is 5.92. The number of likely N-dealkylation sites (N-methyl/N-ethyl adjacent to an activating group) is 1. The van der Waals surface area contributed by atoms with Crippen LogP contribution in [0.3, 0.4) is 0 Å². The zero-order valence-electron chi connectivity index (χ0n) is 10.3. The van der Waals surface area contributed by atoms with E-state index in [1.54, 1.807) is 6.07 Å². The zero-order chi connectivity index (χ0) is 12.4. The molecule has 1 aliphatic rings. The van der Waals surface area contributed by atoms with Gasteiger partial charge in [0.25, 0.3) is 4.92 Å². The normalized spacial score (nSPS) is 17.2.